The molecule has 0 fully saturated rings. The standard InChI is InChI=1S/C16H14O10S2.2Na/c17-13(15(19)27(21,22)23)11-5-1-9(2-6-11)10-3-7-12(8-4-10)14(18)16(20)28(24,25)26;;/h1-8,15-16,19-20H,(H,21,22,23)(H,24,25,26);;/q;2*+1/p-2. The number of aliphatic hydroxyl groups excluding tert-OH is 2. The molecular formula is C16H12Na2O10S2. The predicted molar refractivity (Wildman–Crippen MR) is 91.9 cm³/mol. The quantitative estimate of drug-likeness (QED) is 0.222. The van der Waals surface area contributed by atoms with Gasteiger partial charge in [-0.15, -0.1) is 0 Å². The van der Waals surface area contributed by atoms with Gasteiger partial charge in [0.1, 0.15) is 20.2 Å². The predicted octanol–water partition coefficient (Wildman–Crippen LogP) is -6.55. The van der Waals surface area contributed by atoms with Crippen LogP contribution in [0.5, 0.6) is 0 Å². The van der Waals surface area contributed by atoms with Gasteiger partial charge in [-0.05, 0) is 11.1 Å². The normalized spacial score (nSPS) is 13.3. The van der Waals surface area contributed by atoms with E-state index in [4.69, 9.17) is 0 Å². The summed E-state index contributed by atoms with van der Waals surface area (Å²) in [7, 11) is -10.4. The van der Waals surface area contributed by atoms with Gasteiger partial charge in [0.05, 0.1) is 0 Å². The molecule has 2 unspecified atom stereocenters. The Hall–Kier alpha value is -0.480. The monoisotopic (exact) mass is 474 g/mol. The van der Waals surface area contributed by atoms with Gasteiger partial charge in [0.25, 0.3) is 0 Å². The molecule has 2 aromatic carbocycles. The van der Waals surface area contributed by atoms with Crippen LogP contribution in [0.3, 0.4) is 0 Å². The van der Waals surface area contributed by atoms with Crippen LogP contribution in [0.1, 0.15) is 20.7 Å². The van der Waals surface area contributed by atoms with Crippen molar-refractivity contribution in [3.8, 4) is 11.1 Å². The van der Waals surface area contributed by atoms with Gasteiger partial charge in [0.2, 0.25) is 22.4 Å². The van der Waals surface area contributed by atoms with Crippen LogP contribution in [0, 0.1) is 0 Å². The number of Topliss-reactive ketones (excluding diaryl/α,β-unsaturated/α-hetero) is 2. The van der Waals surface area contributed by atoms with Crippen LogP contribution in [0.4, 0.5) is 0 Å². The third kappa shape index (κ3) is 7.29. The summed E-state index contributed by atoms with van der Waals surface area (Å²) < 4.78 is 64.2. The molecule has 0 amide bonds. The number of hydrogen-bond acceptors (Lipinski definition) is 10. The van der Waals surface area contributed by atoms with Gasteiger partial charge >= 0.3 is 59.1 Å². The molecule has 0 radical (unpaired) electrons. The van der Waals surface area contributed by atoms with Gasteiger partial charge in [-0.1, -0.05) is 48.5 Å². The maximum absolute atomic E-state index is 11.7. The molecule has 0 aliphatic rings. The summed E-state index contributed by atoms with van der Waals surface area (Å²) in [6.45, 7) is 0. The second-order valence-electron chi connectivity index (χ2n) is 5.57. The van der Waals surface area contributed by atoms with Crippen LogP contribution < -0.4 is 59.1 Å². The summed E-state index contributed by atoms with van der Waals surface area (Å²) in [5, 5.41) is 18.4. The van der Waals surface area contributed by atoms with E-state index in [0.717, 1.165) is 0 Å². The smallest absolute Gasteiger partial charge is 0.746 e. The number of benzene rings is 2. The van der Waals surface area contributed by atoms with Gasteiger partial charge in [0.15, 0.2) is 0 Å². The van der Waals surface area contributed by atoms with E-state index in [-0.39, 0.29) is 70.2 Å². The van der Waals surface area contributed by atoms with Gasteiger partial charge in [0, 0.05) is 11.1 Å². The molecule has 0 heterocycles. The van der Waals surface area contributed by atoms with Crippen molar-refractivity contribution in [1.29, 1.82) is 0 Å². The van der Waals surface area contributed by atoms with E-state index in [0.29, 0.717) is 11.1 Å². The van der Waals surface area contributed by atoms with Crippen LogP contribution in [0.25, 0.3) is 11.1 Å². The third-order valence-corrected chi connectivity index (χ3v) is 5.19. The fourth-order valence-corrected chi connectivity index (χ4v) is 3.00. The molecule has 0 aliphatic carbocycles. The molecular weight excluding hydrogens is 462 g/mol. The van der Waals surface area contributed by atoms with Crippen LogP contribution >= 0.6 is 0 Å². The van der Waals surface area contributed by atoms with E-state index in [1.54, 1.807) is 0 Å². The number of carbonyl (C=O) groups is 2. The van der Waals surface area contributed by atoms with E-state index < -0.39 is 42.7 Å². The van der Waals surface area contributed by atoms with Crippen molar-refractivity contribution in [2.45, 2.75) is 10.9 Å². The Balaban J connectivity index is 0.00000420. The van der Waals surface area contributed by atoms with Crippen LogP contribution in [0.15, 0.2) is 48.5 Å². The molecule has 0 spiro atoms. The van der Waals surface area contributed by atoms with Crippen molar-refractivity contribution in [2.75, 3.05) is 0 Å². The average molecular weight is 474 g/mol. The minimum absolute atomic E-state index is 0. The summed E-state index contributed by atoms with van der Waals surface area (Å²) in [6.07, 6.45) is 0. The summed E-state index contributed by atoms with van der Waals surface area (Å²) in [5.74, 6) is -2.56. The zero-order chi connectivity index (χ0) is 21.3. The fourth-order valence-electron chi connectivity index (χ4n) is 2.20. The first-order valence-corrected chi connectivity index (χ1v) is 10.3. The summed E-state index contributed by atoms with van der Waals surface area (Å²) in [6, 6.07) is 10.2. The Morgan fingerprint density at radius 1 is 0.633 bits per heavy atom. The van der Waals surface area contributed by atoms with Crippen molar-refractivity contribution in [3.05, 3.63) is 59.7 Å². The third-order valence-electron chi connectivity index (χ3n) is 3.67. The number of aliphatic hydroxyl groups is 2. The molecule has 0 aromatic heterocycles. The Kier molecular flexibility index (Phi) is 11.2. The molecule has 2 rings (SSSR count). The molecule has 0 saturated heterocycles. The zero-order valence-electron chi connectivity index (χ0n) is 15.8. The molecule has 2 atom stereocenters. The summed E-state index contributed by atoms with van der Waals surface area (Å²) in [4.78, 5) is 23.5. The van der Waals surface area contributed by atoms with E-state index in [2.05, 4.69) is 0 Å². The molecule has 0 saturated carbocycles. The Morgan fingerprint density at radius 3 is 1.07 bits per heavy atom. The SMILES string of the molecule is O=C(c1ccc(-c2ccc(C(=O)C(O)S(=O)(=O)[O-])cc2)cc1)C(O)S(=O)(=O)[O-].[Na+].[Na+]. The van der Waals surface area contributed by atoms with Gasteiger partial charge in [-0.2, -0.15) is 0 Å². The maximum atomic E-state index is 11.7. The molecule has 14 heteroatoms. The van der Waals surface area contributed by atoms with Crippen molar-refractivity contribution in [1.82, 2.24) is 0 Å². The number of hydrogen-bond donors (Lipinski definition) is 2. The number of rotatable bonds is 7. The molecule has 30 heavy (non-hydrogen) atoms. The first kappa shape index (κ1) is 29.5. The second-order valence-corrected chi connectivity index (χ2v) is 8.44. The van der Waals surface area contributed by atoms with E-state index in [1.165, 1.54) is 48.5 Å². The maximum Gasteiger partial charge on any atom is 1.00 e. The summed E-state index contributed by atoms with van der Waals surface area (Å²) in [5.41, 5.74) is -4.88. The van der Waals surface area contributed by atoms with Crippen molar-refractivity contribution >= 4 is 31.8 Å². The Morgan fingerprint density at radius 2 is 0.867 bits per heavy atom. The minimum atomic E-state index is -5.20. The second kappa shape index (κ2) is 11.4. The van der Waals surface area contributed by atoms with Gasteiger partial charge in [-0.3, -0.25) is 9.59 Å². The first-order valence-electron chi connectivity index (χ1n) is 7.37. The summed E-state index contributed by atoms with van der Waals surface area (Å²) >= 11 is 0. The van der Waals surface area contributed by atoms with Crippen LogP contribution in [-0.4, -0.2) is 58.6 Å². The average Bonchev–Trinajstić information content (AvgIpc) is 2.64. The fraction of sp³-hybridized carbons (Fsp3) is 0.125. The molecule has 0 aliphatic heterocycles. The van der Waals surface area contributed by atoms with Gasteiger partial charge in [-0.25, -0.2) is 16.8 Å². The zero-order valence-corrected chi connectivity index (χ0v) is 21.4. The largest absolute Gasteiger partial charge is 1.00 e. The number of ketones is 2. The topological polar surface area (TPSA) is 189 Å². The molecule has 0 bridgehead atoms. The Bertz CT molecular complexity index is 1020. The first-order chi connectivity index (χ1) is 12.8. The van der Waals surface area contributed by atoms with Crippen molar-refractivity contribution < 1.29 is 105 Å². The minimum Gasteiger partial charge on any atom is -0.746 e. The van der Waals surface area contributed by atoms with E-state index >= 15 is 0 Å². The van der Waals surface area contributed by atoms with Crippen molar-refractivity contribution in [2.24, 2.45) is 0 Å². The van der Waals surface area contributed by atoms with E-state index in [1.807, 2.05) is 0 Å². The molecule has 150 valence electrons. The van der Waals surface area contributed by atoms with Gasteiger partial charge < -0.3 is 19.3 Å². The van der Waals surface area contributed by atoms with Crippen molar-refractivity contribution in [3.63, 3.8) is 0 Å². The molecule has 2 aromatic rings. The molecule has 10 nitrogen and oxygen atoms in total. The molecule has 2 N–H and O–H groups in total. The van der Waals surface area contributed by atoms with Crippen LogP contribution in [0.2, 0.25) is 0 Å². The van der Waals surface area contributed by atoms with Crippen LogP contribution in [-0.2, 0) is 20.2 Å². The van der Waals surface area contributed by atoms with E-state index in [9.17, 15) is 45.7 Å². The number of carbonyl (C=O) groups excluding carboxylic acids is 2. The Labute approximate surface area is 216 Å².